The maximum Gasteiger partial charge on any atom is 0.214 e. The number of benzene rings is 1. The predicted octanol–water partition coefficient (Wildman–Crippen LogP) is 2.11. The summed E-state index contributed by atoms with van der Waals surface area (Å²) in [7, 11) is 0. The van der Waals surface area contributed by atoms with Gasteiger partial charge in [0, 0.05) is 11.8 Å². The molecule has 1 aromatic carbocycles. The zero-order valence-corrected chi connectivity index (χ0v) is 9.13. The van der Waals surface area contributed by atoms with Crippen LogP contribution in [0.15, 0.2) is 42.5 Å². The van der Waals surface area contributed by atoms with Crippen LogP contribution in [0.25, 0.3) is 0 Å². The lowest BCUT2D eigenvalue weighted by Gasteiger charge is -2.05. The highest BCUT2D eigenvalue weighted by Gasteiger charge is 1.98. The van der Waals surface area contributed by atoms with E-state index in [2.05, 4.69) is 4.98 Å². The van der Waals surface area contributed by atoms with E-state index >= 15 is 0 Å². The van der Waals surface area contributed by atoms with Crippen molar-refractivity contribution in [1.82, 2.24) is 4.98 Å². The van der Waals surface area contributed by atoms with Gasteiger partial charge in [-0.15, -0.1) is 0 Å². The molecule has 0 aliphatic rings. The van der Waals surface area contributed by atoms with Crippen LogP contribution in [0.2, 0.25) is 0 Å². The Kier molecular flexibility index (Phi) is 3.22. The van der Waals surface area contributed by atoms with Crippen molar-refractivity contribution in [2.24, 2.45) is 0 Å². The number of pyridine rings is 1. The molecule has 0 spiro atoms. The molecule has 1 heterocycles. The zero-order chi connectivity index (χ0) is 12.1. The van der Waals surface area contributed by atoms with Gasteiger partial charge in [-0.25, -0.2) is 4.98 Å². The van der Waals surface area contributed by atoms with Crippen LogP contribution in [0.1, 0.15) is 11.3 Å². The minimum Gasteiger partial charge on any atom is -0.473 e. The molecule has 1 aromatic heterocycles. The van der Waals surface area contributed by atoms with Crippen molar-refractivity contribution < 1.29 is 4.74 Å². The molecule has 0 aliphatic heterocycles. The van der Waals surface area contributed by atoms with Gasteiger partial charge in [0.25, 0.3) is 0 Å². The van der Waals surface area contributed by atoms with Crippen LogP contribution in [0.4, 0.5) is 5.69 Å². The van der Waals surface area contributed by atoms with Crippen molar-refractivity contribution >= 4 is 5.69 Å². The number of aromatic nitrogens is 1. The van der Waals surface area contributed by atoms with E-state index in [1.165, 1.54) is 0 Å². The first kappa shape index (κ1) is 11.0. The lowest BCUT2D eigenvalue weighted by Crippen LogP contribution is -1.98. The fraction of sp³-hybridized carbons (Fsp3) is 0.0769. The molecule has 0 fully saturated rings. The van der Waals surface area contributed by atoms with Gasteiger partial charge in [0.15, 0.2) is 0 Å². The zero-order valence-electron chi connectivity index (χ0n) is 9.13. The van der Waals surface area contributed by atoms with E-state index in [1.807, 2.05) is 30.3 Å². The van der Waals surface area contributed by atoms with Crippen LogP contribution < -0.4 is 10.5 Å². The van der Waals surface area contributed by atoms with Crippen LogP contribution in [-0.2, 0) is 6.61 Å². The number of ether oxygens (including phenoxy) is 1. The summed E-state index contributed by atoms with van der Waals surface area (Å²) in [6.07, 6.45) is 0. The Hall–Kier alpha value is -2.54. The van der Waals surface area contributed by atoms with Crippen molar-refractivity contribution in [2.45, 2.75) is 6.61 Å². The number of rotatable bonds is 3. The van der Waals surface area contributed by atoms with E-state index in [0.717, 1.165) is 11.3 Å². The molecule has 4 nitrogen and oxygen atoms in total. The van der Waals surface area contributed by atoms with E-state index in [4.69, 9.17) is 15.7 Å². The monoisotopic (exact) mass is 225 g/mol. The van der Waals surface area contributed by atoms with Gasteiger partial charge < -0.3 is 10.5 Å². The number of anilines is 1. The fourth-order valence-electron chi connectivity index (χ4n) is 1.33. The van der Waals surface area contributed by atoms with E-state index < -0.39 is 0 Å². The Morgan fingerprint density at radius 1 is 1.18 bits per heavy atom. The van der Waals surface area contributed by atoms with Gasteiger partial charge in [-0.2, -0.15) is 5.26 Å². The Bertz CT molecular complexity index is 543. The fourth-order valence-corrected chi connectivity index (χ4v) is 1.33. The molecule has 17 heavy (non-hydrogen) atoms. The third-order valence-electron chi connectivity index (χ3n) is 2.20. The van der Waals surface area contributed by atoms with Gasteiger partial charge in [0.1, 0.15) is 18.4 Å². The molecule has 84 valence electrons. The lowest BCUT2D eigenvalue weighted by molar-refractivity contribution is 0.293. The van der Waals surface area contributed by atoms with Crippen LogP contribution in [0.5, 0.6) is 5.88 Å². The van der Waals surface area contributed by atoms with Gasteiger partial charge in [0.05, 0.1) is 0 Å². The summed E-state index contributed by atoms with van der Waals surface area (Å²) in [5.41, 5.74) is 7.65. The minimum absolute atomic E-state index is 0.347. The van der Waals surface area contributed by atoms with Crippen molar-refractivity contribution in [2.75, 3.05) is 5.73 Å². The summed E-state index contributed by atoms with van der Waals surface area (Å²) in [5.74, 6) is 0.445. The number of nitrogens with two attached hydrogens (primary N) is 1. The Balaban J connectivity index is 2.02. The van der Waals surface area contributed by atoms with E-state index in [0.29, 0.717) is 18.2 Å². The van der Waals surface area contributed by atoms with Gasteiger partial charge in [-0.1, -0.05) is 18.2 Å². The summed E-state index contributed by atoms with van der Waals surface area (Å²) in [6.45, 7) is 0.405. The normalized spacial score (nSPS) is 9.59. The predicted molar refractivity (Wildman–Crippen MR) is 64.1 cm³/mol. The second-order valence-corrected chi connectivity index (χ2v) is 3.50. The number of nitrogens with zero attached hydrogens (tertiary/aromatic N) is 2. The highest BCUT2D eigenvalue weighted by molar-refractivity contribution is 5.39. The number of hydrogen-bond donors (Lipinski definition) is 1. The van der Waals surface area contributed by atoms with Crippen LogP contribution in [-0.4, -0.2) is 4.98 Å². The van der Waals surface area contributed by atoms with Gasteiger partial charge in [-0.05, 0) is 23.8 Å². The van der Waals surface area contributed by atoms with Crippen LogP contribution >= 0.6 is 0 Å². The SMILES string of the molecule is N#Cc1cccc(OCc2ccc(N)cc2)n1. The first-order chi connectivity index (χ1) is 8.28. The standard InChI is InChI=1S/C13H11N3O/c14-8-12-2-1-3-13(16-12)17-9-10-4-6-11(15)7-5-10/h1-7H,9,15H2. The summed E-state index contributed by atoms with van der Waals surface area (Å²) >= 11 is 0. The molecular formula is C13H11N3O. The highest BCUT2D eigenvalue weighted by Crippen LogP contribution is 2.11. The summed E-state index contributed by atoms with van der Waals surface area (Å²) < 4.78 is 5.47. The number of hydrogen-bond acceptors (Lipinski definition) is 4. The average molecular weight is 225 g/mol. The van der Waals surface area contributed by atoms with Gasteiger partial charge >= 0.3 is 0 Å². The Morgan fingerprint density at radius 2 is 1.94 bits per heavy atom. The van der Waals surface area contributed by atoms with E-state index in [1.54, 1.807) is 18.2 Å². The minimum atomic E-state index is 0.347. The molecule has 0 aliphatic carbocycles. The average Bonchev–Trinajstić information content (AvgIpc) is 2.38. The molecule has 0 atom stereocenters. The highest BCUT2D eigenvalue weighted by atomic mass is 16.5. The molecule has 0 unspecified atom stereocenters. The number of nitriles is 1. The quantitative estimate of drug-likeness (QED) is 0.812. The first-order valence-corrected chi connectivity index (χ1v) is 5.12. The molecule has 0 radical (unpaired) electrons. The Labute approximate surface area is 99.3 Å². The second kappa shape index (κ2) is 4.99. The third kappa shape index (κ3) is 2.95. The summed E-state index contributed by atoms with van der Waals surface area (Å²) in [5, 5.41) is 8.70. The maximum absolute atomic E-state index is 8.70. The van der Waals surface area contributed by atoms with Crippen molar-refractivity contribution in [1.29, 1.82) is 5.26 Å². The molecule has 4 heteroatoms. The molecule has 0 bridgehead atoms. The molecule has 0 amide bonds. The molecular weight excluding hydrogens is 214 g/mol. The van der Waals surface area contributed by atoms with E-state index in [9.17, 15) is 0 Å². The molecule has 0 saturated carbocycles. The van der Waals surface area contributed by atoms with E-state index in [-0.39, 0.29) is 0 Å². The smallest absolute Gasteiger partial charge is 0.214 e. The summed E-state index contributed by atoms with van der Waals surface area (Å²) in [6, 6.07) is 14.5. The van der Waals surface area contributed by atoms with Crippen LogP contribution in [0.3, 0.4) is 0 Å². The van der Waals surface area contributed by atoms with Crippen LogP contribution in [0, 0.1) is 11.3 Å². The first-order valence-electron chi connectivity index (χ1n) is 5.12. The molecule has 0 saturated heterocycles. The molecule has 2 aromatic rings. The summed E-state index contributed by atoms with van der Waals surface area (Å²) in [4.78, 5) is 4.02. The van der Waals surface area contributed by atoms with Crippen molar-refractivity contribution in [3.8, 4) is 11.9 Å². The van der Waals surface area contributed by atoms with Gasteiger partial charge in [0.2, 0.25) is 5.88 Å². The second-order valence-electron chi connectivity index (χ2n) is 3.50. The van der Waals surface area contributed by atoms with Crippen molar-refractivity contribution in [3.63, 3.8) is 0 Å². The maximum atomic E-state index is 8.70. The number of nitrogen functional groups attached to an aromatic ring is 1. The van der Waals surface area contributed by atoms with Gasteiger partial charge in [-0.3, -0.25) is 0 Å². The topological polar surface area (TPSA) is 71.9 Å². The molecule has 2 N–H and O–H groups in total. The third-order valence-corrected chi connectivity index (χ3v) is 2.20. The lowest BCUT2D eigenvalue weighted by atomic mass is 10.2. The largest absolute Gasteiger partial charge is 0.473 e. The Morgan fingerprint density at radius 3 is 2.65 bits per heavy atom. The molecule has 2 rings (SSSR count). The van der Waals surface area contributed by atoms with Crippen molar-refractivity contribution in [3.05, 3.63) is 53.7 Å².